The topological polar surface area (TPSA) is 58.6 Å². The molecule has 2 amide bonds. The van der Waals surface area contributed by atoms with Gasteiger partial charge >= 0.3 is 0 Å². The Morgan fingerprint density at radius 2 is 2.32 bits per heavy atom. The maximum atomic E-state index is 12.1. The standard InChI is InChI=1S/C12H15BrN2O3S/c1-7(16)15-4-3-8(6-15)14-12(17)10-5-9(18-2)11(13)19-10/h5,8H,3-4,6H2,1-2H3,(H,14,17)/t8-/m0/s1. The van der Waals surface area contributed by atoms with Crippen molar-refractivity contribution in [3.8, 4) is 5.75 Å². The highest BCUT2D eigenvalue weighted by molar-refractivity contribution is 9.11. The fraction of sp³-hybridized carbons (Fsp3) is 0.500. The molecule has 1 N–H and O–H groups in total. The molecule has 5 nitrogen and oxygen atoms in total. The largest absolute Gasteiger partial charge is 0.495 e. The van der Waals surface area contributed by atoms with Crippen LogP contribution in [0.15, 0.2) is 9.85 Å². The van der Waals surface area contributed by atoms with Gasteiger partial charge in [-0.3, -0.25) is 9.59 Å². The summed E-state index contributed by atoms with van der Waals surface area (Å²) in [4.78, 5) is 25.7. The average Bonchev–Trinajstić information content (AvgIpc) is 2.95. The van der Waals surface area contributed by atoms with Gasteiger partial charge in [0.1, 0.15) is 9.54 Å². The summed E-state index contributed by atoms with van der Waals surface area (Å²) in [5.41, 5.74) is 0. The minimum absolute atomic E-state index is 0.0308. The maximum absolute atomic E-state index is 12.1. The quantitative estimate of drug-likeness (QED) is 0.908. The number of ether oxygens (including phenoxy) is 1. The molecule has 1 aromatic rings. The number of hydrogen-bond donors (Lipinski definition) is 1. The van der Waals surface area contributed by atoms with E-state index in [1.165, 1.54) is 11.3 Å². The van der Waals surface area contributed by atoms with Crippen molar-refractivity contribution in [2.45, 2.75) is 19.4 Å². The van der Waals surface area contributed by atoms with Crippen LogP contribution in [-0.2, 0) is 4.79 Å². The van der Waals surface area contributed by atoms with Crippen LogP contribution in [0.25, 0.3) is 0 Å². The number of thiophene rings is 1. The van der Waals surface area contributed by atoms with Crippen LogP contribution < -0.4 is 10.1 Å². The van der Waals surface area contributed by atoms with Crippen molar-refractivity contribution in [3.05, 3.63) is 14.7 Å². The highest BCUT2D eigenvalue weighted by atomic mass is 79.9. The molecule has 19 heavy (non-hydrogen) atoms. The predicted molar refractivity (Wildman–Crippen MR) is 76.7 cm³/mol. The van der Waals surface area contributed by atoms with Gasteiger partial charge in [-0.1, -0.05) is 0 Å². The predicted octanol–water partition coefficient (Wildman–Crippen LogP) is 1.87. The van der Waals surface area contributed by atoms with E-state index in [2.05, 4.69) is 21.2 Å². The molecule has 0 radical (unpaired) electrons. The Hall–Kier alpha value is -1.08. The first-order chi connectivity index (χ1) is 9.01. The summed E-state index contributed by atoms with van der Waals surface area (Å²) >= 11 is 4.68. The van der Waals surface area contributed by atoms with E-state index in [-0.39, 0.29) is 17.9 Å². The first-order valence-electron chi connectivity index (χ1n) is 5.91. The van der Waals surface area contributed by atoms with Crippen molar-refractivity contribution in [2.75, 3.05) is 20.2 Å². The molecule has 0 unspecified atom stereocenters. The van der Waals surface area contributed by atoms with E-state index in [0.717, 1.165) is 10.2 Å². The number of rotatable bonds is 3. The molecule has 0 spiro atoms. The van der Waals surface area contributed by atoms with Crippen molar-refractivity contribution >= 4 is 39.1 Å². The zero-order valence-corrected chi connectivity index (χ0v) is 13.1. The van der Waals surface area contributed by atoms with Crippen molar-refractivity contribution in [3.63, 3.8) is 0 Å². The molecule has 1 aliphatic rings. The van der Waals surface area contributed by atoms with E-state index in [1.807, 2.05) is 0 Å². The highest BCUT2D eigenvalue weighted by Gasteiger charge is 2.26. The SMILES string of the molecule is COc1cc(C(=O)N[C@H]2CCN(C(C)=O)C2)sc1Br. The van der Waals surface area contributed by atoms with Crippen molar-refractivity contribution in [1.82, 2.24) is 10.2 Å². The Bertz CT molecular complexity index is 503. The van der Waals surface area contributed by atoms with Crippen LogP contribution in [0.3, 0.4) is 0 Å². The third-order valence-corrected chi connectivity index (χ3v) is 4.85. The van der Waals surface area contributed by atoms with Crippen LogP contribution in [0.4, 0.5) is 0 Å². The summed E-state index contributed by atoms with van der Waals surface area (Å²) in [5, 5.41) is 2.95. The monoisotopic (exact) mass is 346 g/mol. The first kappa shape index (κ1) is 14.3. The molecule has 1 saturated heterocycles. The minimum atomic E-state index is -0.121. The number of likely N-dealkylation sites (tertiary alicyclic amines) is 1. The van der Waals surface area contributed by atoms with Gasteiger partial charge in [0.25, 0.3) is 5.91 Å². The molecule has 1 fully saturated rings. The van der Waals surface area contributed by atoms with E-state index in [9.17, 15) is 9.59 Å². The number of nitrogens with zero attached hydrogens (tertiary/aromatic N) is 1. The molecule has 0 saturated carbocycles. The number of carbonyl (C=O) groups is 2. The van der Waals surface area contributed by atoms with Gasteiger partial charge in [0.05, 0.1) is 12.0 Å². The lowest BCUT2D eigenvalue weighted by Crippen LogP contribution is -2.37. The molecule has 0 bridgehead atoms. The molecule has 0 aliphatic carbocycles. The number of hydrogen-bond acceptors (Lipinski definition) is 4. The number of nitrogens with one attached hydrogen (secondary N) is 1. The van der Waals surface area contributed by atoms with E-state index < -0.39 is 0 Å². The van der Waals surface area contributed by atoms with Gasteiger partial charge in [-0.15, -0.1) is 11.3 Å². The van der Waals surface area contributed by atoms with Crippen LogP contribution in [0.1, 0.15) is 23.0 Å². The lowest BCUT2D eigenvalue weighted by Gasteiger charge is -2.14. The summed E-state index contributed by atoms with van der Waals surface area (Å²) in [5.74, 6) is 0.591. The fourth-order valence-corrected chi connectivity index (χ4v) is 3.58. The molecule has 1 aromatic heterocycles. The van der Waals surface area contributed by atoms with Crippen molar-refractivity contribution in [2.24, 2.45) is 0 Å². The Balaban J connectivity index is 1.96. The zero-order valence-electron chi connectivity index (χ0n) is 10.7. The highest BCUT2D eigenvalue weighted by Crippen LogP contribution is 2.34. The van der Waals surface area contributed by atoms with E-state index in [0.29, 0.717) is 23.7 Å². The summed E-state index contributed by atoms with van der Waals surface area (Å²) in [7, 11) is 1.57. The lowest BCUT2D eigenvalue weighted by atomic mass is 10.2. The van der Waals surface area contributed by atoms with Gasteiger partial charge in [0, 0.05) is 32.1 Å². The molecule has 0 aromatic carbocycles. The normalized spacial score (nSPS) is 18.5. The van der Waals surface area contributed by atoms with E-state index in [1.54, 1.807) is 25.0 Å². The van der Waals surface area contributed by atoms with E-state index >= 15 is 0 Å². The molecular weight excluding hydrogens is 332 g/mol. The van der Waals surface area contributed by atoms with Crippen LogP contribution in [0.5, 0.6) is 5.75 Å². The number of methoxy groups -OCH3 is 1. The summed E-state index contributed by atoms with van der Waals surface area (Å²) in [6.07, 6.45) is 0.801. The van der Waals surface area contributed by atoms with Gasteiger partial charge in [0.2, 0.25) is 5.91 Å². The molecule has 1 aliphatic heterocycles. The lowest BCUT2D eigenvalue weighted by molar-refractivity contribution is -0.127. The Kier molecular flexibility index (Phi) is 4.46. The number of halogens is 1. The van der Waals surface area contributed by atoms with Crippen LogP contribution in [0.2, 0.25) is 0 Å². The smallest absolute Gasteiger partial charge is 0.261 e. The molecular formula is C12H15BrN2O3S. The number of amides is 2. The molecule has 7 heteroatoms. The summed E-state index contributed by atoms with van der Waals surface area (Å²) in [6.45, 7) is 2.84. The van der Waals surface area contributed by atoms with Gasteiger partial charge in [-0.05, 0) is 22.4 Å². The third-order valence-electron chi connectivity index (χ3n) is 3.07. The van der Waals surface area contributed by atoms with Gasteiger partial charge in [0.15, 0.2) is 0 Å². The Morgan fingerprint density at radius 3 is 2.84 bits per heavy atom. The Morgan fingerprint density at radius 1 is 1.58 bits per heavy atom. The van der Waals surface area contributed by atoms with Gasteiger partial charge in [-0.25, -0.2) is 0 Å². The Labute approximate surface area is 124 Å². The summed E-state index contributed by atoms with van der Waals surface area (Å²) in [6, 6.07) is 1.74. The fourth-order valence-electron chi connectivity index (χ4n) is 2.02. The minimum Gasteiger partial charge on any atom is -0.495 e. The molecule has 1 atom stereocenters. The second kappa shape index (κ2) is 5.92. The van der Waals surface area contributed by atoms with Crippen LogP contribution in [-0.4, -0.2) is 43.0 Å². The molecule has 2 rings (SSSR count). The molecule has 104 valence electrons. The van der Waals surface area contributed by atoms with E-state index in [4.69, 9.17) is 4.74 Å². The average molecular weight is 347 g/mol. The second-order valence-corrected chi connectivity index (χ2v) is 6.75. The second-order valence-electron chi connectivity index (χ2n) is 4.38. The third kappa shape index (κ3) is 3.27. The van der Waals surface area contributed by atoms with Crippen molar-refractivity contribution in [1.29, 1.82) is 0 Å². The van der Waals surface area contributed by atoms with Crippen LogP contribution >= 0.6 is 27.3 Å². The zero-order chi connectivity index (χ0) is 14.0. The van der Waals surface area contributed by atoms with Gasteiger partial charge < -0.3 is 15.0 Å². The maximum Gasteiger partial charge on any atom is 0.261 e. The first-order valence-corrected chi connectivity index (χ1v) is 7.52. The van der Waals surface area contributed by atoms with Gasteiger partial charge in [-0.2, -0.15) is 0 Å². The summed E-state index contributed by atoms with van der Waals surface area (Å²) < 4.78 is 5.93. The van der Waals surface area contributed by atoms with Crippen LogP contribution in [0, 0.1) is 0 Å². The number of carbonyl (C=O) groups excluding carboxylic acids is 2. The molecule has 2 heterocycles. The van der Waals surface area contributed by atoms with Crippen molar-refractivity contribution < 1.29 is 14.3 Å².